The summed E-state index contributed by atoms with van der Waals surface area (Å²) in [6, 6.07) is 16.8. The van der Waals surface area contributed by atoms with Crippen LogP contribution in [0.15, 0.2) is 85.1 Å². The first kappa shape index (κ1) is 21.1. The zero-order chi connectivity index (χ0) is 21.8. The van der Waals surface area contributed by atoms with Crippen molar-refractivity contribution < 1.29 is 4.79 Å². The number of hydrogen-bond acceptors (Lipinski definition) is 2. The molecule has 0 saturated heterocycles. The molecule has 2 atom stereocenters. The lowest BCUT2D eigenvalue weighted by Gasteiger charge is -2.18. The molecule has 0 bridgehead atoms. The summed E-state index contributed by atoms with van der Waals surface area (Å²) in [5, 5.41) is 3.39. The summed E-state index contributed by atoms with van der Waals surface area (Å²) in [4.78, 5) is 13.2. The summed E-state index contributed by atoms with van der Waals surface area (Å²) < 4.78 is 0. The van der Waals surface area contributed by atoms with Gasteiger partial charge in [0.2, 0.25) is 0 Å². The van der Waals surface area contributed by atoms with Crippen molar-refractivity contribution in [2.24, 2.45) is 11.8 Å². The van der Waals surface area contributed by atoms with E-state index in [0.29, 0.717) is 5.92 Å². The molecule has 2 aliphatic carbocycles. The Hall–Kier alpha value is -3.13. The maximum absolute atomic E-state index is 13.2. The van der Waals surface area contributed by atoms with Gasteiger partial charge in [0.15, 0.2) is 5.78 Å². The average molecular weight is 410 g/mol. The fraction of sp³-hybridized carbons (Fsp3) is 0.276. The molecule has 0 heterocycles. The highest BCUT2D eigenvalue weighted by Gasteiger charge is 2.25. The molecule has 2 aliphatic rings. The minimum absolute atomic E-state index is 0.110. The lowest BCUT2D eigenvalue weighted by Crippen LogP contribution is -2.20. The SMILES string of the molecule is C=C1C=C(C(C)Cc2ccccc2)c2ccc(C(=O)C3C=C(NCCC)C=CC3)cc21. The van der Waals surface area contributed by atoms with Gasteiger partial charge in [0.25, 0.3) is 0 Å². The molecule has 2 heteroatoms. The third-order valence-electron chi connectivity index (χ3n) is 6.19. The molecule has 0 aromatic heterocycles. The van der Waals surface area contributed by atoms with Gasteiger partial charge in [-0.25, -0.2) is 0 Å². The zero-order valence-electron chi connectivity index (χ0n) is 18.5. The average Bonchev–Trinajstić information content (AvgIpc) is 3.14. The second-order valence-corrected chi connectivity index (χ2v) is 8.63. The van der Waals surface area contributed by atoms with Gasteiger partial charge in [-0.05, 0) is 65.2 Å². The van der Waals surface area contributed by atoms with Crippen LogP contribution in [0.2, 0.25) is 0 Å². The standard InChI is InChI=1S/C29H31NO/c1-4-15-30-25-12-8-11-23(18-25)29(31)24-13-14-26-27(17-21(3)28(26)19-24)20(2)16-22-9-6-5-7-10-22/h5-10,12-14,17-20,23,30H,3-4,11,15-16H2,1-2H3. The second kappa shape index (κ2) is 9.34. The summed E-state index contributed by atoms with van der Waals surface area (Å²) in [5.74, 6) is 0.462. The molecule has 31 heavy (non-hydrogen) atoms. The quantitative estimate of drug-likeness (QED) is 0.497. The molecule has 2 unspecified atom stereocenters. The molecule has 0 radical (unpaired) electrons. The van der Waals surface area contributed by atoms with E-state index in [4.69, 9.17) is 0 Å². The van der Waals surface area contributed by atoms with Gasteiger partial charge in [-0.3, -0.25) is 4.79 Å². The molecule has 0 amide bonds. The van der Waals surface area contributed by atoms with Gasteiger partial charge < -0.3 is 5.32 Å². The van der Waals surface area contributed by atoms with E-state index in [1.807, 2.05) is 12.1 Å². The first-order valence-electron chi connectivity index (χ1n) is 11.3. The van der Waals surface area contributed by atoms with Crippen molar-refractivity contribution in [3.8, 4) is 0 Å². The Labute approximate surface area is 186 Å². The molecule has 158 valence electrons. The normalized spacial score (nSPS) is 18.3. The van der Waals surface area contributed by atoms with E-state index in [-0.39, 0.29) is 11.7 Å². The number of fused-ring (bicyclic) bond motifs is 1. The van der Waals surface area contributed by atoms with Crippen molar-refractivity contribution in [2.75, 3.05) is 6.54 Å². The van der Waals surface area contributed by atoms with Crippen LogP contribution >= 0.6 is 0 Å². The van der Waals surface area contributed by atoms with Crippen molar-refractivity contribution >= 4 is 16.9 Å². The second-order valence-electron chi connectivity index (χ2n) is 8.63. The number of benzene rings is 2. The number of ketones is 1. The van der Waals surface area contributed by atoms with Crippen molar-refractivity contribution in [3.05, 3.63) is 107 Å². The zero-order valence-corrected chi connectivity index (χ0v) is 18.5. The lowest BCUT2D eigenvalue weighted by molar-refractivity contribution is 0.0945. The summed E-state index contributed by atoms with van der Waals surface area (Å²) in [6.45, 7) is 9.61. The molecule has 2 aromatic carbocycles. The number of Topliss-reactive ketones (excluding diaryl/α,β-unsaturated/α-hetero) is 1. The third kappa shape index (κ3) is 4.64. The fourth-order valence-electron chi connectivity index (χ4n) is 4.51. The molecular formula is C29H31NO. The Morgan fingerprint density at radius 1 is 1.16 bits per heavy atom. The largest absolute Gasteiger partial charge is 0.385 e. The Morgan fingerprint density at radius 2 is 1.97 bits per heavy atom. The molecule has 4 rings (SSSR count). The van der Waals surface area contributed by atoms with Crippen LogP contribution in [0.5, 0.6) is 0 Å². The van der Waals surface area contributed by atoms with Crippen molar-refractivity contribution in [1.82, 2.24) is 5.32 Å². The molecule has 2 nitrogen and oxygen atoms in total. The number of carbonyl (C=O) groups is 1. The van der Waals surface area contributed by atoms with E-state index >= 15 is 0 Å². The molecule has 0 spiro atoms. The van der Waals surface area contributed by atoms with Crippen molar-refractivity contribution in [1.29, 1.82) is 0 Å². The van der Waals surface area contributed by atoms with Crippen molar-refractivity contribution in [2.45, 2.75) is 33.1 Å². The summed E-state index contributed by atoms with van der Waals surface area (Å²) in [6.07, 6.45) is 11.3. The van der Waals surface area contributed by atoms with Gasteiger partial charge in [-0.1, -0.05) is 81.1 Å². The van der Waals surface area contributed by atoms with Crippen LogP contribution in [0.25, 0.3) is 11.1 Å². The summed E-state index contributed by atoms with van der Waals surface area (Å²) in [7, 11) is 0. The predicted molar refractivity (Wildman–Crippen MR) is 131 cm³/mol. The van der Waals surface area contributed by atoms with E-state index in [1.54, 1.807) is 0 Å². The minimum Gasteiger partial charge on any atom is -0.385 e. The Morgan fingerprint density at radius 3 is 2.74 bits per heavy atom. The van der Waals surface area contributed by atoms with Crippen LogP contribution in [0, 0.1) is 11.8 Å². The molecular weight excluding hydrogens is 378 g/mol. The highest BCUT2D eigenvalue weighted by molar-refractivity contribution is 6.03. The van der Waals surface area contributed by atoms with Crippen LogP contribution in [0.4, 0.5) is 0 Å². The van der Waals surface area contributed by atoms with E-state index in [2.05, 4.69) is 86.4 Å². The number of carbonyl (C=O) groups excluding carboxylic acids is 1. The first-order chi connectivity index (χ1) is 15.1. The maximum atomic E-state index is 13.2. The highest BCUT2D eigenvalue weighted by Crippen LogP contribution is 2.40. The molecule has 2 aromatic rings. The van der Waals surface area contributed by atoms with Gasteiger partial charge in [-0.2, -0.15) is 0 Å². The van der Waals surface area contributed by atoms with Crippen LogP contribution in [-0.4, -0.2) is 12.3 Å². The monoisotopic (exact) mass is 409 g/mol. The van der Waals surface area contributed by atoms with Gasteiger partial charge >= 0.3 is 0 Å². The topological polar surface area (TPSA) is 29.1 Å². The summed E-state index contributed by atoms with van der Waals surface area (Å²) >= 11 is 0. The van der Waals surface area contributed by atoms with Crippen molar-refractivity contribution in [3.63, 3.8) is 0 Å². The predicted octanol–water partition coefficient (Wildman–Crippen LogP) is 6.62. The van der Waals surface area contributed by atoms with E-state index in [0.717, 1.165) is 48.2 Å². The maximum Gasteiger partial charge on any atom is 0.170 e. The number of allylic oxidation sites excluding steroid dienone is 6. The summed E-state index contributed by atoms with van der Waals surface area (Å²) in [5.41, 5.74) is 7.80. The number of hydrogen-bond donors (Lipinski definition) is 1. The fourth-order valence-corrected chi connectivity index (χ4v) is 4.51. The lowest BCUT2D eigenvalue weighted by atomic mass is 9.87. The Balaban J connectivity index is 1.52. The molecule has 0 aliphatic heterocycles. The van der Waals surface area contributed by atoms with Crippen LogP contribution in [-0.2, 0) is 6.42 Å². The van der Waals surface area contributed by atoms with Gasteiger partial charge in [0.05, 0.1) is 0 Å². The molecule has 1 N–H and O–H groups in total. The van der Waals surface area contributed by atoms with Crippen LogP contribution in [0.3, 0.4) is 0 Å². The van der Waals surface area contributed by atoms with E-state index in [1.165, 1.54) is 16.7 Å². The number of nitrogens with one attached hydrogen (secondary N) is 1. The molecule has 0 fully saturated rings. The minimum atomic E-state index is -0.110. The van der Waals surface area contributed by atoms with Crippen LogP contribution < -0.4 is 5.32 Å². The van der Waals surface area contributed by atoms with E-state index < -0.39 is 0 Å². The van der Waals surface area contributed by atoms with Crippen LogP contribution in [0.1, 0.15) is 53.7 Å². The Kier molecular flexibility index (Phi) is 6.36. The molecule has 0 saturated carbocycles. The smallest absolute Gasteiger partial charge is 0.170 e. The van der Waals surface area contributed by atoms with E-state index in [9.17, 15) is 4.79 Å². The van der Waals surface area contributed by atoms with Gasteiger partial charge in [-0.15, -0.1) is 0 Å². The van der Waals surface area contributed by atoms with Gasteiger partial charge in [0.1, 0.15) is 0 Å². The Bertz CT molecular complexity index is 1070. The third-order valence-corrected chi connectivity index (χ3v) is 6.19. The highest BCUT2D eigenvalue weighted by atomic mass is 16.1. The van der Waals surface area contributed by atoms with Gasteiger partial charge in [0, 0.05) is 23.7 Å². The first-order valence-corrected chi connectivity index (χ1v) is 11.3. The number of rotatable bonds is 8.